The van der Waals surface area contributed by atoms with E-state index in [-0.39, 0.29) is 0 Å². The fourth-order valence-corrected chi connectivity index (χ4v) is 2.97. The number of hydrogen-bond donors (Lipinski definition) is 1. The van der Waals surface area contributed by atoms with Crippen LogP contribution in [0.1, 0.15) is 37.3 Å². The first-order valence-electron chi connectivity index (χ1n) is 7.07. The molecule has 0 radical (unpaired) electrons. The third kappa shape index (κ3) is 2.54. The summed E-state index contributed by atoms with van der Waals surface area (Å²) in [7, 11) is 0. The number of para-hydroxylation sites is 1. The van der Waals surface area contributed by atoms with Gasteiger partial charge in [-0.3, -0.25) is 4.57 Å². The highest BCUT2D eigenvalue weighted by Gasteiger charge is 2.20. The Morgan fingerprint density at radius 1 is 1.05 bits per heavy atom. The van der Waals surface area contributed by atoms with Crippen LogP contribution < -0.4 is 5.73 Å². The van der Waals surface area contributed by atoms with Crippen LogP contribution in [0.5, 0.6) is 0 Å². The molecule has 1 aromatic heterocycles. The molecule has 1 aliphatic rings. The van der Waals surface area contributed by atoms with Crippen molar-refractivity contribution in [3.8, 4) is 5.69 Å². The topological polar surface area (TPSA) is 56.7 Å². The molecule has 19 heavy (non-hydrogen) atoms. The Morgan fingerprint density at radius 3 is 2.42 bits per heavy atom. The highest BCUT2D eigenvalue weighted by Crippen LogP contribution is 2.28. The summed E-state index contributed by atoms with van der Waals surface area (Å²) in [6.45, 7) is 0.423. The van der Waals surface area contributed by atoms with Gasteiger partial charge in [0.15, 0.2) is 5.82 Å². The minimum atomic E-state index is 0.423. The Labute approximate surface area is 113 Å². The van der Waals surface area contributed by atoms with Crippen LogP contribution in [0.25, 0.3) is 5.69 Å². The molecule has 0 atom stereocenters. The van der Waals surface area contributed by atoms with Crippen molar-refractivity contribution >= 4 is 0 Å². The van der Waals surface area contributed by atoms with E-state index in [9.17, 15) is 0 Å². The quantitative estimate of drug-likeness (QED) is 0.914. The third-order valence-corrected chi connectivity index (χ3v) is 3.94. The normalized spacial score (nSPS) is 16.1. The minimum absolute atomic E-state index is 0.423. The first kappa shape index (κ1) is 12.4. The van der Waals surface area contributed by atoms with Gasteiger partial charge in [0, 0.05) is 12.1 Å². The number of benzene rings is 1. The maximum absolute atomic E-state index is 5.79. The average Bonchev–Trinajstić information content (AvgIpc) is 3.09. The number of rotatable bonds is 4. The summed E-state index contributed by atoms with van der Waals surface area (Å²) in [4.78, 5) is 0. The summed E-state index contributed by atoms with van der Waals surface area (Å²) in [6.07, 6.45) is 6.36. The van der Waals surface area contributed by atoms with Crippen LogP contribution in [0, 0.1) is 5.92 Å². The molecule has 0 amide bonds. The summed E-state index contributed by atoms with van der Waals surface area (Å²) >= 11 is 0. The van der Waals surface area contributed by atoms with Crippen LogP contribution in [0.3, 0.4) is 0 Å². The van der Waals surface area contributed by atoms with Crippen LogP contribution in [0.15, 0.2) is 30.3 Å². The standard InChI is InChI=1S/C15H20N4/c16-11-15-18-17-14(10-12-6-4-5-7-12)19(15)13-8-2-1-3-9-13/h1-3,8-9,12H,4-7,10-11,16H2. The largest absolute Gasteiger partial charge is 0.324 e. The van der Waals surface area contributed by atoms with Gasteiger partial charge in [-0.2, -0.15) is 0 Å². The van der Waals surface area contributed by atoms with Gasteiger partial charge in [0.1, 0.15) is 5.82 Å². The molecule has 2 N–H and O–H groups in total. The lowest BCUT2D eigenvalue weighted by molar-refractivity contribution is 0.524. The lowest BCUT2D eigenvalue weighted by Crippen LogP contribution is -2.11. The highest BCUT2D eigenvalue weighted by atomic mass is 15.3. The van der Waals surface area contributed by atoms with E-state index in [4.69, 9.17) is 5.73 Å². The molecule has 1 saturated carbocycles. The molecular weight excluding hydrogens is 236 g/mol. The molecule has 4 nitrogen and oxygen atoms in total. The number of aromatic nitrogens is 3. The Hall–Kier alpha value is -1.68. The smallest absolute Gasteiger partial charge is 0.151 e. The van der Waals surface area contributed by atoms with Crippen LogP contribution in [0.2, 0.25) is 0 Å². The first-order valence-corrected chi connectivity index (χ1v) is 7.07. The molecule has 0 saturated heterocycles. The Morgan fingerprint density at radius 2 is 1.74 bits per heavy atom. The molecule has 1 aromatic carbocycles. The molecule has 0 unspecified atom stereocenters. The zero-order valence-electron chi connectivity index (χ0n) is 11.1. The Balaban J connectivity index is 1.93. The lowest BCUT2D eigenvalue weighted by atomic mass is 10.0. The molecule has 0 bridgehead atoms. The van der Waals surface area contributed by atoms with E-state index >= 15 is 0 Å². The third-order valence-electron chi connectivity index (χ3n) is 3.94. The lowest BCUT2D eigenvalue weighted by Gasteiger charge is -2.12. The van der Waals surface area contributed by atoms with Crippen molar-refractivity contribution in [2.75, 3.05) is 0 Å². The van der Waals surface area contributed by atoms with Crippen LogP contribution >= 0.6 is 0 Å². The zero-order chi connectivity index (χ0) is 13.1. The molecule has 2 aromatic rings. The van der Waals surface area contributed by atoms with E-state index in [1.165, 1.54) is 25.7 Å². The van der Waals surface area contributed by atoms with Crippen molar-refractivity contribution in [3.63, 3.8) is 0 Å². The number of hydrogen-bond acceptors (Lipinski definition) is 3. The monoisotopic (exact) mass is 256 g/mol. The predicted molar refractivity (Wildman–Crippen MR) is 74.9 cm³/mol. The van der Waals surface area contributed by atoms with Gasteiger partial charge in [0.05, 0.1) is 6.54 Å². The van der Waals surface area contributed by atoms with Crippen LogP contribution in [0.4, 0.5) is 0 Å². The van der Waals surface area contributed by atoms with Gasteiger partial charge >= 0.3 is 0 Å². The molecule has 1 fully saturated rings. The van der Waals surface area contributed by atoms with Gasteiger partial charge in [-0.25, -0.2) is 0 Å². The maximum Gasteiger partial charge on any atom is 0.151 e. The Bertz CT molecular complexity index is 526. The van der Waals surface area contributed by atoms with Crippen molar-refractivity contribution in [2.24, 2.45) is 11.7 Å². The molecule has 100 valence electrons. The minimum Gasteiger partial charge on any atom is -0.324 e. The summed E-state index contributed by atoms with van der Waals surface area (Å²) in [6, 6.07) is 10.3. The van der Waals surface area contributed by atoms with E-state index in [0.29, 0.717) is 6.54 Å². The van der Waals surface area contributed by atoms with Crippen molar-refractivity contribution in [1.82, 2.24) is 14.8 Å². The molecule has 0 spiro atoms. The fraction of sp³-hybridized carbons (Fsp3) is 0.467. The summed E-state index contributed by atoms with van der Waals surface area (Å²) < 4.78 is 2.12. The number of nitrogens with two attached hydrogens (primary N) is 1. The second-order valence-electron chi connectivity index (χ2n) is 5.26. The van der Waals surface area contributed by atoms with Crippen molar-refractivity contribution in [3.05, 3.63) is 42.0 Å². The molecule has 3 rings (SSSR count). The van der Waals surface area contributed by atoms with E-state index < -0.39 is 0 Å². The molecule has 4 heteroatoms. The van der Waals surface area contributed by atoms with Gasteiger partial charge < -0.3 is 5.73 Å². The second kappa shape index (κ2) is 5.53. The van der Waals surface area contributed by atoms with E-state index in [0.717, 1.165) is 29.7 Å². The van der Waals surface area contributed by atoms with Gasteiger partial charge in [-0.1, -0.05) is 43.9 Å². The van der Waals surface area contributed by atoms with E-state index in [1.807, 2.05) is 18.2 Å². The van der Waals surface area contributed by atoms with Crippen molar-refractivity contribution < 1.29 is 0 Å². The first-order chi connectivity index (χ1) is 9.38. The van der Waals surface area contributed by atoms with E-state index in [2.05, 4.69) is 26.9 Å². The van der Waals surface area contributed by atoms with Gasteiger partial charge in [0.25, 0.3) is 0 Å². The van der Waals surface area contributed by atoms with Crippen molar-refractivity contribution in [2.45, 2.75) is 38.6 Å². The van der Waals surface area contributed by atoms with Gasteiger partial charge in [-0.15, -0.1) is 10.2 Å². The average molecular weight is 256 g/mol. The number of nitrogens with zero attached hydrogens (tertiary/aromatic N) is 3. The SMILES string of the molecule is NCc1nnc(CC2CCCC2)n1-c1ccccc1. The van der Waals surface area contributed by atoms with Crippen LogP contribution in [-0.2, 0) is 13.0 Å². The predicted octanol–water partition coefficient (Wildman–Crippen LogP) is 2.46. The van der Waals surface area contributed by atoms with E-state index in [1.54, 1.807) is 0 Å². The molecule has 1 aliphatic carbocycles. The fourth-order valence-electron chi connectivity index (χ4n) is 2.97. The summed E-state index contributed by atoms with van der Waals surface area (Å²) in [5.74, 6) is 2.66. The summed E-state index contributed by atoms with van der Waals surface area (Å²) in [5, 5.41) is 8.60. The second-order valence-corrected chi connectivity index (χ2v) is 5.26. The molecule has 0 aliphatic heterocycles. The van der Waals surface area contributed by atoms with Crippen LogP contribution in [-0.4, -0.2) is 14.8 Å². The maximum atomic E-state index is 5.79. The molecule has 1 heterocycles. The highest BCUT2D eigenvalue weighted by molar-refractivity contribution is 5.34. The van der Waals surface area contributed by atoms with Gasteiger partial charge in [-0.05, 0) is 18.1 Å². The van der Waals surface area contributed by atoms with Crippen molar-refractivity contribution in [1.29, 1.82) is 0 Å². The zero-order valence-corrected chi connectivity index (χ0v) is 11.1. The Kier molecular flexibility index (Phi) is 3.60. The molecular formula is C15H20N4. The van der Waals surface area contributed by atoms with Gasteiger partial charge in [0.2, 0.25) is 0 Å². The summed E-state index contributed by atoms with van der Waals surface area (Å²) in [5.41, 5.74) is 6.90.